The molecular formula is C18H23BN4O3. The van der Waals surface area contributed by atoms with E-state index >= 15 is 0 Å². The Morgan fingerprint density at radius 3 is 2.35 bits per heavy atom. The van der Waals surface area contributed by atoms with Crippen LogP contribution in [0.4, 0.5) is 0 Å². The molecule has 8 heteroatoms. The maximum absolute atomic E-state index is 10.1. The number of hydrogen-bond acceptors (Lipinski definition) is 6. The number of aliphatic hydroxyl groups is 1. The van der Waals surface area contributed by atoms with Gasteiger partial charge in [0.15, 0.2) is 11.5 Å². The van der Waals surface area contributed by atoms with Crippen molar-refractivity contribution in [2.24, 2.45) is 0 Å². The molecule has 0 radical (unpaired) electrons. The highest BCUT2D eigenvalue weighted by atomic mass is 16.7. The molecule has 1 N–H and O–H groups in total. The Labute approximate surface area is 153 Å². The molecule has 2 aromatic rings. The molecule has 0 spiro atoms. The number of aliphatic hydroxyl groups excluding tert-OH is 1. The Kier molecular flexibility index (Phi) is 4.43. The van der Waals surface area contributed by atoms with Gasteiger partial charge in [-0.05, 0) is 53.7 Å². The minimum absolute atomic E-state index is 0.293. The molecule has 2 aromatic heterocycles. The first-order chi connectivity index (χ1) is 12.1. The van der Waals surface area contributed by atoms with Crippen LogP contribution < -0.4 is 5.59 Å². The topological polar surface area (TPSA) is 93.2 Å². The molecule has 136 valence electrons. The Bertz CT molecular complexity index is 867. The zero-order chi connectivity index (χ0) is 19.3. The molecule has 3 rings (SSSR count). The molecule has 1 aliphatic heterocycles. The van der Waals surface area contributed by atoms with E-state index in [2.05, 4.69) is 10.1 Å². The van der Waals surface area contributed by atoms with Crippen LogP contribution in [-0.4, -0.2) is 38.2 Å². The van der Waals surface area contributed by atoms with Crippen LogP contribution in [0.1, 0.15) is 57.7 Å². The molecule has 7 nitrogen and oxygen atoms in total. The van der Waals surface area contributed by atoms with Crippen molar-refractivity contribution in [3.05, 3.63) is 35.2 Å². The quantitative estimate of drug-likeness (QED) is 0.845. The van der Waals surface area contributed by atoms with Crippen molar-refractivity contribution in [3.8, 4) is 11.9 Å². The van der Waals surface area contributed by atoms with E-state index in [4.69, 9.17) is 14.6 Å². The van der Waals surface area contributed by atoms with Gasteiger partial charge in [-0.15, -0.1) is 0 Å². The molecule has 0 aromatic carbocycles. The summed E-state index contributed by atoms with van der Waals surface area (Å²) in [4.78, 5) is 4.67. The Balaban J connectivity index is 2.09. The Morgan fingerprint density at radius 1 is 1.23 bits per heavy atom. The van der Waals surface area contributed by atoms with E-state index in [0.29, 0.717) is 22.7 Å². The fourth-order valence-corrected chi connectivity index (χ4v) is 2.81. The second kappa shape index (κ2) is 6.20. The van der Waals surface area contributed by atoms with Crippen molar-refractivity contribution in [1.82, 2.24) is 14.8 Å². The van der Waals surface area contributed by atoms with Crippen LogP contribution in [0.3, 0.4) is 0 Å². The van der Waals surface area contributed by atoms with Gasteiger partial charge in [0.25, 0.3) is 0 Å². The number of hydrogen-bond donors (Lipinski definition) is 1. The van der Waals surface area contributed by atoms with E-state index in [1.54, 1.807) is 29.8 Å². The summed E-state index contributed by atoms with van der Waals surface area (Å²) < 4.78 is 13.7. The molecule has 3 heterocycles. The summed E-state index contributed by atoms with van der Waals surface area (Å²) >= 11 is 0. The molecular weight excluding hydrogens is 331 g/mol. The lowest BCUT2D eigenvalue weighted by molar-refractivity contribution is 0.00578. The second-order valence-corrected chi connectivity index (χ2v) is 7.61. The highest BCUT2D eigenvalue weighted by molar-refractivity contribution is 6.61. The van der Waals surface area contributed by atoms with Crippen molar-refractivity contribution in [1.29, 1.82) is 5.26 Å². The van der Waals surface area contributed by atoms with Crippen molar-refractivity contribution in [3.63, 3.8) is 0 Å². The number of aryl methyl sites for hydroxylation is 1. The van der Waals surface area contributed by atoms with Crippen LogP contribution in [0.2, 0.25) is 0 Å². The number of nitriles is 1. The van der Waals surface area contributed by atoms with Gasteiger partial charge >= 0.3 is 7.12 Å². The maximum atomic E-state index is 10.1. The molecule has 1 saturated heterocycles. The van der Waals surface area contributed by atoms with Crippen LogP contribution in [0, 0.1) is 18.3 Å². The first kappa shape index (κ1) is 18.6. The predicted octanol–water partition coefficient (Wildman–Crippen LogP) is 1.80. The van der Waals surface area contributed by atoms with Crippen LogP contribution in [0.25, 0.3) is 5.82 Å². The van der Waals surface area contributed by atoms with Crippen molar-refractivity contribution >= 4 is 12.7 Å². The molecule has 0 saturated carbocycles. The van der Waals surface area contributed by atoms with Crippen molar-refractivity contribution in [2.75, 3.05) is 0 Å². The fourth-order valence-electron chi connectivity index (χ4n) is 2.81. The molecule has 0 bridgehead atoms. The van der Waals surface area contributed by atoms with Gasteiger partial charge in [-0.3, -0.25) is 0 Å². The normalized spacial score (nSPS) is 19.4. The molecule has 1 fully saturated rings. The van der Waals surface area contributed by atoms with Crippen LogP contribution in [0.5, 0.6) is 0 Å². The number of nitrogens with zero attached hydrogens (tertiary/aromatic N) is 4. The lowest BCUT2D eigenvalue weighted by atomic mass is 9.83. The summed E-state index contributed by atoms with van der Waals surface area (Å²) in [6.07, 6.45) is -0.737. The van der Waals surface area contributed by atoms with Gasteiger partial charge in [0.2, 0.25) is 0 Å². The monoisotopic (exact) mass is 354 g/mol. The average molecular weight is 354 g/mol. The summed E-state index contributed by atoms with van der Waals surface area (Å²) in [5.74, 6) is 0.464. The molecule has 0 amide bonds. The summed E-state index contributed by atoms with van der Waals surface area (Å²) in [7, 11) is -0.617. The molecule has 0 aliphatic carbocycles. The van der Waals surface area contributed by atoms with E-state index in [0.717, 1.165) is 5.69 Å². The van der Waals surface area contributed by atoms with Crippen molar-refractivity contribution < 1.29 is 14.4 Å². The minimum atomic E-state index is -0.737. The van der Waals surface area contributed by atoms with Gasteiger partial charge in [-0.25, -0.2) is 9.67 Å². The van der Waals surface area contributed by atoms with Gasteiger partial charge in [0, 0.05) is 11.3 Å². The average Bonchev–Trinajstić information content (AvgIpc) is 3.03. The van der Waals surface area contributed by atoms with Gasteiger partial charge < -0.3 is 14.4 Å². The lowest BCUT2D eigenvalue weighted by Crippen LogP contribution is -2.41. The highest BCUT2D eigenvalue weighted by Gasteiger charge is 2.52. The van der Waals surface area contributed by atoms with Gasteiger partial charge in [-0.1, -0.05) is 6.07 Å². The smallest absolute Gasteiger partial charge is 0.398 e. The SMILES string of the molecule is Cc1cc(C#N)nn1-c1nc(B2OC(C)(C)C(C)(C)O2)ccc1[C@H](C)O. The zero-order valence-electron chi connectivity index (χ0n) is 15.9. The standard InChI is InChI=1S/C18H23BN4O3/c1-11-9-13(10-20)22-23(11)16-14(12(2)24)7-8-15(21-16)19-25-17(3,4)18(5,6)26-19/h7-9,12,24H,1-6H3/t12-/m0/s1. The van der Waals surface area contributed by atoms with Gasteiger partial charge in [0.05, 0.1) is 22.9 Å². The third kappa shape index (κ3) is 3.03. The van der Waals surface area contributed by atoms with Crippen LogP contribution >= 0.6 is 0 Å². The maximum Gasteiger partial charge on any atom is 0.514 e. The van der Waals surface area contributed by atoms with Crippen LogP contribution in [-0.2, 0) is 9.31 Å². The summed E-state index contributed by atoms with van der Waals surface area (Å²) in [6, 6.07) is 7.28. The zero-order valence-corrected chi connectivity index (χ0v) is 15.9. The van der Waals surface area contributed by atoms with E-state index < -0.39 is 24.4 Å². The molecule has 0 unspecified atom stereocenters. The first-order valence-corrected chi connectivity index (χ1v) is 8.57. The summed E-state index contributed by atoms with van der Waals surface area (Å²) in [5, 5.41) is 23.5. The lowest BCUT2D eigenvalue weighted by Gasteiger charge is -2.32. The second-order valence-electron chi connectivity index (χ2n) is 7.61. The fraction of sp³-hybridized carbons (Fsp3) is 0.500. The Hall–Kier alpha value is -2.21. The highest BCUT2D eigenvalue weighted by Crippen LogP contribution is 2.36. The minimum Gasteiger partial charge on any atom is -0.398 e. The van der Waals surface area contributed by atoms with Gasteiger partial charge in [0.1, 0.15) is 6.07 Å². The number of aromatic nitrogens is 3. The third-order valence-electron chi connectivity index (χ3n) is 5.07. The van der Waals surface area contributed by atoms with E-state index in [9.17, 15) is 5.11 Å². The predicted molar refractivity (Wildman–Crippen MR) is 97.2 cm³/mol. The first-order valence-electron chi connectivity index (χ1n) is 8.57. The summed E-state index contributed by atoms with van der Waals surface area (Å²) in [5.41, 5.74) is 1.30. The van der Waals surface area contributed by atoms with E-state index in [1.165, 1.54) is 0 Å². The number of rotatable bonds is 3. The Morgan fingerprint density at radius 2 is 1.85 bits per heavy atom. The van der Waals surface area contributed by atoms with E-state index in [-0.39, 0.29) is 0 Å². The summed E-state index contributed by atoms with van der Waals surface area (Å²) in [6.45, 7) is 11.4. The van der Waals surface area contributed by atoms with Gasteiger partial charge in [-0.2, -0.15) is 10.4 Å². The molecule has 1 aliphatic rings. The largest absolute Gasteiger partial charge is 0.514 e. The number of pyridine rings is 1. The molecule has 26 heavy (non-hydrogen) atoms. The third-order valence-corrected chi connectivity index (χ3v) is 5.07. The van der Waals surface area contributed by atoms with Crippen molar-refractivity contribution in [2.45, 2.75) is 58.8 Å². The van der Waals surface area contributed by atoms with E-state index in [1.807, 2.05) is 40.7 Å². The van der Waals surface area contributed by atoms with Crippen LogP contribution in [0.15, 0.2) is 18.2 Å². The molecule has 1 atom stereocenters.